The Bertz CT molecular complexity index is 166. The molecular weight excluding hydrogens is 144 g/mol. The molecule has 0 saturated carbocycles. The van der Waals surface area contributed by atoms with Gasteiger partial charge in [0.1, 0.15) is 0 Å². The highest BCUT2D eigenvalue weighted by molar-refractivity contribution is 5.72. The summed E-state index contributed by atoms with van der Waals surface area (Å²) in [5.41, 5.74) is 0.329. The molecule has 0 aromatic heterocycles. The summed E-state index contributed by atoms with van der Waals surface area (Å²) in [6, 6.07) is 0. The zero-order chi connectivity index (χ0) is 8.69. The molecule has 4 nitrogen and oxygen atoms in total. The summed E-state index contributed by atoms with van der Waals surface area (Å²) >= 11 is 0. The number of amides is 1. The second-order valence-corrected chi connectivity index (χ2v) is 2.24. The number of nitrogens with one attached hydrogen (secondary N) is 1. The van der Waals surface area contributed by atoms with E-state index in [9.17, 15) is 9.70 Å². The van der Waals surface area contributed by atoms with E-state index in [0.29, 0.717) is 25.1 Å². The Morgan fingerprint density at radius 2 is 2.27 bits per heavy atom. The van der Waals surface area contributed by atoms with Crippen molar-refractivity contribution < 1.29 is 4.79 Å². The van der Waals surface area contributed by atoms with Crippen LogP contribution >= 0.6 is 0 Å². The van der Waals surface area contributed by atoms with Crippen LogP contribution in [0.2, 0.25) is 0 Å². The fraction of sp³-hybridized carbons (Fsp3) is 0.571. The van der Waals surface area contributed by atoms with Crippen molar-refractivity contribution in [3.63, 3.8) is 0 Å². The zero-order valence-electron chi connectivity index (χ0n) is 6.59. The van der Waals surface area contributed by atoms with Gasteiger partial charge in [-0.2, -0.15) is 0 Å². The third kappa shape index (κ3) is 6.70. The van der Waals surface area contributed by atoms with Gasteiger partial charge >= 0.3 is 0 Å². The summed E-state index contributed by atoms with van der Waals surface area (Å²) in [5.74, 6) is -0.0605. The SMILES string of the molecule is C=C(CCCNC(C)=O)N=O. The first-order chi connectivity index (χ1) is 5.16. The van der Waals surface area contributed by atoms with Crippen LogP contribution in [0.5, 0.6) is 0 Å². The van der Waals surface area contributed by atoms with Crippen molar-refractivity contribution in [2.75, 3.05) is 6.54 Å². The molecule has 0 spiro atoms. The van der Waals surface area contributed by atoms with Gasteiger partial charge in [-0.25, -0.2) is 0 Å². The molecule has 0 aliphatic rings. The van der Waals surface area contributed by atoms with E-state index >= 15 is 0 Å². The van der Waals surface area contributed by atoms with Crippen molar-refractivity contribution in [1.29, 1.82) is 0 Å². The second-order valence-electron chi connectivity index (χ2n) is 2.24. The molecule has 0 saturated heterocycles. The van der Waals surface area contributed by atoms with E-state index < -0.39 is 0 Å². The number of hydrogen-bond acceptors (Lipinski definition) is 3. The average Bonchev–Trinajstić information content (AvgIpc) is 1.97. The van der Waals surface area contributed by atoms with Crippen LogP contribution in [0.15, 0.2) is 17.5 Å². The minimum Gasteiger partial charge on any atom is -0.356 e. The Kier molecular flexibility index (Phi) is 4.98. The normalized spacial score (nSPS) is 8.82. The summed E-state index contributed by atoms with van der Waals surface area (Å²) in [7, 11) is 0. The molecule has 0 fully saturated rings. The lowest BCUT2D eigenvalue weighted by atomic mass is 10.2. The first-order valence-electron chi connectivity index (χ1n) is 3.42. The van der Waals surface area contributed by atoms with E-state index in [1.165, 1.54) is 6.92 Å². The summed E-state index contributed by atoms with van der Waals surface area (Å²) < 4.78 is 0. The van der Waals surface area contributed by atoms with E-state index in [0.717, 1.165) is 0 Å². The van der Waals surface area contributed by atoms with Gasteiger partial charge in [-0.3, -0.25) is 4.79 Å². The molecule has 0 atom stereocenters. The summed E-state index contributed by atoms with van der Waals surface area (Å²) in [6.45, 7) is 5.42. The molecule has 4 heteroatoms. The minimum absolute atomic E-state index is 0.0605. The third-order valence-electron chi connectivity index (χ3n) is 1.15. The molecule has 0 heterocycles. The molecule has 0 aliphatic heterocycles. The first-order valence-corrected chi connectivity index (χ1v) is 3.42. The number of carbonyl (C=O) groups is 1. The predicted octanol–water partition coefficient (Wildman–Crippen LogP) is 1.18. The average molecular weight is 156 g/mol. The molecule has 1 amide bonds. The van der Waals surface area contributed by atoms with E-state index in [-0.39, 0.29) is 5.91 Å². The monoisotopic (exact) mass is 156 g/mol. The molecule has 11 heavy (non-hydrogen) atoms. The highest BCUT2D eigenvalue weighted by atomic mass is 16.3. The van der Waals surface area contributed by atoms with Crippen molar-refractivity contribution in [2.45, 2.75) is 19.8 Å². The van der Waals surface area contributed by atoms with E-state index in [1.807, 2.05) is 0 Å². The fourth-order valence-corrected chi connectivity index (χ4v) is 0.603. The third-order valence-corrected chi connectivity index (χ3v) is 1.15. The molecule has 0 rings (SSSR count). The molecule has 0 aliphatic carbocycles. The Balaban J connectivity index is 3.21. The van der Waals surface area contributed by atoms with Crippen molar-refractivity contribution in [3.8, 4) is 0 Å². The number of allylic oxidation sites excluding steroid dienone is 1. The fourth-order valence-electron chi connectivity index (χ4n) is 0.603. The lowest BCUT2D eigenvalue weighted by Crippen LogP contribution is -2.20. The van der Waals surface area contributed by atoms with Crippen LogP contribution in [0.3, 0.4) is 0 Å². The molecule has 1 N–H and O–H groups in total. The lowest BCUT2D eigenvalue weighted by molar-refractivity contribution is -0.118. The Morgan fingerprint density at radius 3 is 2.73 bits per heavy atom. The lowest BCUT2D eigenvalue weighted by Gasteiger charge is -1.99. The number of rotatable bonds is 5. The van der Waals surface area contributed by atoms with Crippen molar-refractivity contribution in [2.24, 2.45) is 5.18 Å². The quantitative estimate of drug-likeness (QED) is 0.480. The van der Waals surface area contributed by atoms with E-state index in [4.69, 9.17) is 0 Å². The largest absolute Gasteiger partial charge is 0.356 e. The van der Waals surface area contributed by atoms with Crippen molar-refractivity contribution in [3.05, 3.63) is 17.2 Å². The van der Waals surface area contributed by atoms with Crippen LogP contribution in [0.4, 0.5) is 0 Å². The van der Waals surface area contributed by atoms with Crippen LogP contribution in [-0.2, 0) is 4.79 Å². The first kappa shape index (κ1) is 9.81. The number of nitroso groups, excluding NO2 is 1. The molecule has 0 aromatic rings. The maximum atomic E-state index is 10.3. The van der Waals surface area contributed by atoms with Crippen molar-refractivity contribution in [1.82, 2.24) is 5.32 Å². The molecule has 0 aromatic carbocycles. The minimum atomic E-state index is -0.0605. The Labute approximate surface area is 65.6 Å². The number of hydrogen-bond donors (Lipinski definition) is 1. The van der Waals surface area contributed by atoms with Crippen LogP contribution in [-0.4, -0.2) is 12.5 Å². The molecule has 0 unspecified atom stereocenters. The predicted molar refractivity (Wildman–Crippen MR) is 42.9 cm³/mol. The van der Waals surface area contributed by atoms with Gasteiger partial charge in [0.15, 0.2) is 0 Å². The summed E-state index contributed by atoms with van der Waals surface area (Å²) in [6.07, 6.45) is 1.26. The van der Waals surface area contributed by atoms with Gasteiger partial charge in [0.05, 0.1) is 5.70 Å². The van der Waals surface area contributed by atoms with E-state index in [1.54, 1.807) is 0 Å². The summed E-state index contributed by atoms with van der Waals surface area (Å²) in [5, 5.41) is 5.25. The van der Waals surface area contributed by atoms with Gasteiger partial charge in [-0.05, 0) is 18.0 Å². The van der Waals surface area contributed by atoms with E-state index in [2.05, 4.69) is 17.1 Å². The van der Waals surface area contributed by atoms with Crippen LogP contribution < -0.4 is 5.32 Å². The maximum Gasteiger partial charge on any atom is 0.216 e. The maximum absolute atomic E-state index is 10.3. The molecular formula is C7H12N2O2. The molecule has 0 radical (unpaired) electrons. The van der Waals surface area contributed by atoms with Gasteiger partial charge in [0, 0.05) is 13.5 Å². The Hall–Kier alpha value is -1.19. The highest BCUT2D eigenvalue weighted by Crippen LogP contribution is 2.00. The van der Waals surface area contributed by atoms with Crippen LogP contribution in [0, 0.1) is 4.91 Å². The van der Waals surface area contributed by atoms with Crippen LogP contribution in [0.25, 0.3) is 0 Å². The smallest absolute Gasteiger partial charge is 0.216 e. The van der Waals surface area contributed by atoms with Crippen LogP contribution in [0.1, 0.15) is 19.8 Å². The number of nitrogens with zero attached hydrogens (tertiary/aromatic N) is 1. The van der Waals surface area contributed by atoms with Gasteiger partial charge in [0.25, 0.3) is 0 Å². The highest BCUT2D eigenvalue weighted by Gasteiger charge is 1.93. The van der Waals surface area contributed by atoms with Gasteiger partial charge in [-0.15, -0.1) is 4.91 Å². The topological polar surface area (TPSA) is 58.5 Å². The summed E-state index contributed by atoms with van der Waals surface area (Å²) in [4.78, 5) is 20.1. The standard InChI is InChI=1S/C7H12N2O2/c1-6(9-11)4-3-5-8-7(2)10/h1,3-5H2,2H3,(H,8,10). The second kappa shape index (κ2) is 5.58. The molecule has 0 bridgehead atoms. The van der Waals surface area contributed by atoms with Gasteiger partial charge < -0.3 is 5.32 Å². The zero-order valence-corrected chi connectivity index (χ0v) is 6.59. The van der Waals surface area contributed by atoms with Gasteiger partial charge in [-0.1, -0.05) is 6.58 Å². The molecule has 62 valence electrons. The van der Waals surface area contributed by atoms with Crippen molar-refractivity contribution >= 4 is 5.91 Å². The number of carbonyl (C=O) groups excluding carboxylic acids is 1. The Morgan fingerprint density at radius 1 is 1.64 bits per heavy atom. The van der Waals surface area contributed by atoms with Gasteiger partial charge in [0.2, 0.25) is 5.91 Å².